The quantitative estimate of drug-likeness (QED) is 0.564. The van der Waals surface area contributed by atoms with Crippen LogP contribution in [-0.2, 0) is 16.1 Å². The van der Waals surface area contributed by atoms with Gasteiger partial charge in [-0.25, -0.2) is 4.79 Å². The molecule has 0 bridgehead atoms. The fraction of sp³-hybridized carbons (Fsp3) is 0.583. The lowest BCUT2D eigenvalue weighted by atomic mass is 10.0. The molecule has 1 heterocycles. The van der Waals surface area contributed by atoms with Gasteiger partial charge in [0, 0.05) is 6.92 Å². The van der Waals surface area contributed by atoms with Gasteiger partial charge in [-0.1, -0.05) is 13.8 Å². The van der Waals surface area contributed by atoms with Crippen LogP contribution in [0.3, 0.4) is 0 Å². The van der Waals surface area contributed by atoms with Gasteiger partial charge in [-0.3, -0.25) is 9.36 Å². The highest BCUT2D eigenvalue weighted by atomic mass is 16.6. The van der Waals surface area contributed by atoms with Crippen LogP contribution in [0.15, 0.2) is 6.20 Å². The third-order valence-electron chi connectivity index (χ3n) is 2.80. The number of hydrogen-bond donors (Lipinski definition) is 2. The summed E-state index contributed by atoms with van der Waals surface area (Å²) in [4.78, 5) is 36.5. The maximum Gasteiger partial charge on any atom is 0.381 e. The lowest BCUT2D eigenvalue weighted by molar-refractivity contribution is -0.389. The number of nitrogens with zero attached hydrogens (tertiary/aromatic N) is 3. The fourth-order valence-corrected chi connectivity index (χ4v) is 1.83. The SMILES string of the molecule is Cc1nc([N+](=O)[O-])cn1CC(=O)N[C@H](CC(C)C)C(=O)O. The highest BCUT2D eigenvalue weighted by molar-refractivity contribution is 5.83. The number of carboxylic acid groups (broad SMARTS) is 1. The van der Waals surface area contributed by atoms with Gasteiger partial charge in [0.1, 0.15) is 18.8 Å². The number of carbonyl (C=O) groups excluding carboxylic acids is 1. The van der Waals surface area contributed by atoms with E-state index in [2.05, 4.69) is 10.3 Å². The third-order valence-corrected chi connectivity index (χ3v) is 2.80. The predicted octanol–water partition coefficient (Wildman–Crippen LogP) is 0.715. The van der Waals surface area contributed by atoms with Crippen molar-refractivity contribution in [2.75, 3.05) is 0 Å². The summed E-state index contributed by atoms with van der Waals surface area (Å²) in [6, 6.07) is -0.976. The van der Waals surface area contributed by atoms with E-state index in [1.807, 2.05) is 13.8 Å². The highest BCUT2D eigenvalue weighted by Gasteiger charge is 2.22. The van der Waals surface area contributed by atoms with Crippen molar-refractivity contribution in [1.29, 1.82) is 0 Å². The average Bonchev–Trinajstić information content (AvgIpc) is 2.69. The van der Waals surface area contributed by atoms with E-state index in [9.17, 15) is 19.7 Å². The van der Waals surface area contributed by atoms with Crippen molar-refractivity contribution in [3.05, 3.63) is 22.1 Å². The number of aromatic nitrogens is 2. The average molecular weight is 298 g/mol. The Hall–Kier alpha value is -2.45. The maximum atomic E-state index is 11.8. The summed E-state index contributed by atoms with van der Waals surface area (Å²) in [5.41, 5.74) is 0. The van der Waals surface area contributed by atoms with E-state index in [4.69, 9.17) is 5.11 Å². The Balaban J connectivity index is 2.72. The van der Waals surface area contributed by atoms with E-state index < -0.39 is 22.8 Å². The molecule has 116 valence electrons. The monoisotopic (exact) mass is 298 g/mol. The van der Waals surface area contributed by atoms with Gasteiger partial charge >= 0.3 is 11.8 Å². The Morgan fingerprint density at radius 2 is 2.14 bits per heavy atom. The molecule has 1 rings (SSSR count). The molecule has 0 aliphatic heterocycles. The van der Waals surface area contributed by atoms with Gasteiger partial charge in [-0.15, -0.1) is 0 Å². The summed E-state index contributed by atoms with van der Waals surface area (Å²) >= 11 is 0. The Morgan fingerprint density at radius 1 is 1.52 bits per heavy atom. The van der Waals surface area contributed by atoms with Crippen molar-refractivity contribution < 1.29 is 19.6 Å². The lowest BCUT2D eigenvalue weighted by Crippen LogP contribution is -2.43. The van der Waals surface area contributed by atoms with Gasteiger partial charge in [0.25, 0.3) is 0 Å². The van der Waals surface area contributed by atoms with Crippen LogP contribution in [0.25, 0.3) is 0 Å². The minimum absolute atomic E-state index is 0.113. The number of aryl methyl sites for hydroxylation is 1. The molecule has 0 saturated heterocycles. The van der Waals surface area contributed by atoms with Crippen LogP contribution in [0.1, 0.15) is 26.1 Å². The zero-order chi connectivity index (χ0) is 16.2. The highest BCUT2D eigenvalue weighted by Crippen LogP contribution is 2.10. The molecule has 1 atom stereocenters. The van der Waals surface area contributed by atoms with E-state index in [1.54, 1.807) is 0 Å². The molecule has 0 aromatic carbocycles. The van der Waals surface area contributed by atoms with Crippen LogP contribution in [0.5, 0.6) is 0 Å². The number of imidazole rings is 1. The first kappa shape index (κ1) is 16.6. The van der Waals surface area contributed by atoms with Crippen LogP contribution in [-0.4, -0.2) is 37.5 Å². The second-order valence-corrected chi connectivity index (χ2v) is 5.12. The van der Waals surface area contributed by atoms with Crippen molar-refractivity contribution in [1.82, 2.24) is 14.9 Å². The van der Waals surface area contributed by atoms with Crippen molar-refractivity contribution in [3.8, 4) is 0 Å². The summed E-state index contributed by atoms with van der Waals surface area (Å²) in [7, 11) is 0. The zero-order valence-electron chi connectivity index (χ0n) is 12.1. The molecule has 0 aliphatic rings. The van der Waals surface area contributed by atoms with Gasteiger partial charge < -0.3 is 20.5 Å². The van der Waals surface area contributed by atoms with E-state index in [0.717, 1.165) is 6.20 Å². The Bertz CT molecular complexity index is 552. The van der Waals surface area contributed by atoms with Gasteiger partial charge in [-0.05, 0) is 22.2 Å². The molecule has 1 aromatic heterocycles. The summed E-state index contributed by atoms with van der Waals surface area (Å²) in [5.74, 6) is -1.56. The smallest absolute Gasteiger partial charge is 0.381 e. The molecule has 0 aliphatic carbocycles. The summed E-state index contributed by atoms with van der Waals surface area (Å²) in [5, 5.41) is 22.0. The van der Waals surface area contributed by atoms with E-state index in [-0.39, 0.29) is 18.3 Å². The molecule has 2 N–H and O–H groups in total. The number of carbonyl (C=O) groups is 2. The first-order valence-electron chi connectivity index (χ1n) is 6.41. The van der Waals surface area contributed by atoms with E-state index >= 15 is 0 Å². The first-order chi connectivity index (χ1) is 9.70. The normalized spacial score (nSPS) is 12.2. The number of nitrogens with one attached hydrogen (secondary N) is 1. The fourth-order valence-electron chi connectivity index (χ4n) is 1.83. The summed E-state index contributed by atoms with van der Waals surface area (Å²) in [6.07, 6.45) is 1.46. The van der Waals surface area contributed by atoms with Gasteiger partial charge in [-0.2, -0.15) is 0 Å². The predicted molar refractivity (Wildman–Crippen MR) is 72.6 cm³/mol. The number of hydrogen-bond acceptors (Lipinski definition) is 5. The molecular formula is C12H18N4O5. The molecule has 9 nitrogen and oxygen atoms in total. The number of nitro groups is 1. The molecule has 0 radical (unpaired) electrons. The molecule has 1 amide bonds. The number of aliphatic carboxylic acids is 1. The molecule has 0 spiro atoms. The summed E-state index contributed by atoms with van der Waals surface area (Å²) < 4.78 is 1.31. The number of rotatable bonds is 7. The zero-order valence-corrected chi connectivity index (χ0v) is 12.1. The van der Waals surface area contributed by atoms with Crippen LogP contribution in [0, 0.1) is 23.0 Å². The van der Waals surface area contributed by atoms with E-state index in [0.29, 0.717) is 12.2 Å². The topological polar surface area (TPSA) is 127 Å². The van der Waals surface area contributed by atoms with Crippen LogP contribution < -0.4 is 5.32 Å². The largest absolute Gasteiger partial charge is 0.480 e. The third kappa shape index (κ3) is 4.86. The molecule has 0 unspecified atom stereocenters. The van der Waals surface area contributed by atoms with Crippen molar-refractivity contribution >= 4 is 17.7 Å². The lowest BCUT2D eigenvalue weighted by Gasteiger charge is -2.16. The number of amides is 1. The minimum Gasteiger partial charge on any atom is -0.480 e. The molecule has 21 heavy (non-hydrogen) atoms. The van der Waals surface area contributed by atoms with Gasteiger partial charge in [0.2, 0.25) is 11.7 Å². The Kier molecular flexibility index (Phi) is 5.39. The number of carboxylic acids is 1. The van der Waals surface area contributed by atoms with E-state index in [1.165, 1.54) is 11.5 Å². The van der Waals surface area contributed by atoms with Crippen LogP contribution >= 0.6 is 0 Å². The van der Waals surface area contributed by atoms with Gasteiger partial charge in [0.15, 0.2) is 0 Å². The molecule has 1 aromatic rings. The molecule has 0 saturated carbocycles. The maximum absolute atomic E-state index is 11.8. The van der Waals surface area contributed by atoms with Crippen LogP contribution in [0.4, 0.5) is 5.82 Å². The van der Waals surface area contributed by atoms with Crippen molar-refractivity contribution in [2.45, 2.75) is 39.8 Å². The second kappa shape index (κ2) is 6.82. The summed E-state index contributed by atoms with van der Waals surface area (Å²) in [6.45, 7) is 5.02. The molecular weight excluding hydrogens is 280 g/mol. The Labute approximate surface area is 121 Å². The molecule has 9 heteroatoms. The second-order valence-electron chi connectivity index (χ2n) is 5.12. The minimum atomic E-state index is -1.11. The molecule has 0 fully saturated rings. The Morgan fingerprint density at radius 3 is 2.57 bits per heavy atom. The first-order valence-corrected chi connectivity index (χ1v) is 6.41. The standard InChI is InChI=1S/C12H18N4O5/c1-7(2)4-9(12(18)19)14-11(17)6-15-5-10(16(20)21)13-8(15)3/h5,7,9H,4,6H2,1-3H3,(H,14,17)(H,18,19)/t9-/m1/s1. The van der Waals surface area contributed by atoms with Crippen LogP contribution in [0.2, 0.25) is 0 Å². The van der Waals surface area contributed by atoms with Crippen molar-refractivity contribution in [2.24, 2.45) is 5.92 Å². The van der Waals surface area contributed by atoms with Gasteiger partial charge in [0.05, 0.1) is 0 Å². The van der Waals surface area contributed by atoms with Crippen molar-refractivity contribution in [3.63, 3.8) is 0 Å².